The van der Waals surface area contributed by atoms with Crippen molar-refractivity contribution in [1.29, 1.82) is 0 Å². The van der Waals surface area contributed by atoms with E-state index in [2.05, 4.69) is 4.98 Å². The molecule has 0 aliphatic heterocycles. The molecule has 2 fully saturated rings. The number of rotatable bonds is 3. The number of benzene rings is 1. The third-order valence-corrected chi connectivity index (χ3v) is 9.12. The van der Waals surface area contributed by atoms with Gasteiger partial charge in [0.05, 0.1) is 33.3 Å². The van der Waals surface area contributed by atoms with Crippen LogP contribution in [0.25, 0.3) is 11.0 Å². The third kappa shape index (κ3) is 2.12. The summed E-state index contributed by atoms with van der Waals surface area (Å²) in [5.74, 6) is 0.428. The van der Waals surface area contributed by atoms with Gasteiger partial charge in [0, 0.05) is 11.6 Å². The number of nitrogens with zero attached hydrogens (tertiary/aromatic N) is 2. The summed E-state index contributed by atoms with van der Waals surface area (Å²) >= 11 is 0. The highest BCUT2D eigenvalue weighted by atomic mass is 32.2. The average molecular weight is 382 g/mol. The Labute approximate surface area is 158 Å². The summed E-state index contributed by atoms with van der Waals surface area (Å²) in [6, 6.07) is 10.6. The highest BCUT2D eigenvalue weighted by Crippen LogP contribution is 2.59. The molecule has 0 spiro atoms. The Morgan fingerprint density at radius 3 is 2.67 bits per heavy atom. The average Bonchev–Trinajstić information content (AvgIpc) is 3.38. The lowest BCUT2D eigenvalue weighted by atomic mass is 9.94. The lowest BCUT2D eigenvalue weighted by Gasteiger charge is -2.36. The van der Waals surface area contributed by atoms with Gasteiger partial charge in [-0.05, 0) is 49.8 Å². The summed E-state index contributed by atoms with van der Waals surface area (Å²) in [5.41, 5.74) is 13.7. The summed E-state index contributed by atoms with van der Waals surface area (Å²) in [5, 5.41) is 0.782. The Hall–Kier alpha value is -2.54. The van der Waals surface area contributed by atoms with E-state index >= 15 is 0 Å². The molecule has 6 nitrogen and oxygen atoms in total. The van der Waals surface area contributed by atoms with Gasteiger partial charge in [0.1, 0.15) is 5.65 Å². The molecule has 4 N–H and O–H groups in total. The Balaban J connectivity index is 1.69. The van der Waals surface area contributed by atoms with E-state index in [0.717, 1.165) is 18.2 Å². The van der Waals surface area contributed by atoms with Gasteiger partial charge in [0.25, 0.3) is 0 Å². The van der Waals surface area contributed by atoms with Crippen molar-refractivity contribution in [3.63, 3.8) is 0 Å². The molecule has 5 rings (SSSR count). The molecule has 0 amide bonds. The normalized spacial score (nSPS) is 27.4. The third-order valence-electron chi connectivity index (χ3n) is 6.51. The molecule has 3 unspecified atom stereocenters. The minimum absolute atomic E-state index is 0.144. The molecule has 140 valence electrons. The van der Waals surface area contributed by atoms with E-state index in [-0.39, 0.29) is 6.04 Å². The quantitative estimate of drug-likeness (QED) is 0.724. The number of anilines is 2. The van der Waals surface area contributed by atoms with Crippen LogP contribution < -0.4 is 11.5 Å². The van der Waals surface area contributed by atoms with Crippen LogP contribution in [-0.2, 0) is 9.84 Å². The molecular formula is C20H22N4O2S. The van der Waals surface area contributed by atoms with Crippen molar-refractivity contribution in [3.05, 3.63) is 48.8 Å². The first-order valence-corrected chi connectivity index (χ1v) is 10.7. The summed E-state index contributed by atoms with van der Waals surface area (Å²) in [6.07, 6.45) is 6.68. The van der Waals surface area contributed by atoms with Crippen LogP contribution in [0.15, 0.2) is 53.7 Å². The summed E-state index contributed by atoms with van der Waals surface area (Å²) in [6.45, 7) is 0. The van der Waals surface area contributed by atoms with Gasteiger partial charge in [-0.3, -0.25) is 0 Å². The van der Waals surface area contributed by atoms with E-state index in [9.17, 15) is 8.42 Å². The molecule has 1 aromatic carbocycles. The number of hydrogen-bond acceptors (Lipinski definition) is 5. The smallest absolute Gasteiger partial charge is 0.186 e. The van der Waals surface area contributed by atoms with E-state index in [1.54, 1.807) is 30.5 Å². The molecule has 2 bridgehead atoms. The second kappa shape index (κ2) is 5.48. The van der Waals surface area contributed by atoms with E-state index in [0.29, 0.717) is 40.7 Å². The lowest BCUT2D eigenvalue weighted by Crippen LogP contribution is -2.42. The van der Waals surface area contributed by atoms with Crippen LogP contribution >= 0.6 is 0 Å². The van der Waals surface area contributed by atoms with E-state index in [1.165, 1.54) is 0 Å². The molecule has 27 heavy (non-hydrogen) atoms. The van der Waals surface area contributed by atoms with Crippen LogP contribution in [0.1, 0.15) is 31.7 Å². The predicted molar refractivity (Wildman–Crippen MR) is 106 cm³/mol. The molecule has 2 aromatic heterocycles. The van der Waals surface area contributed by atoms with Crippen molar-refractivity contribution in [2.24, 2.45) is 5.92 Å². The molecule has 3 atom stereocenters. The van der Waals surface area contributed by atoms with Crippen molar-refractivity contribution in [1.82, 2.24) is 9.55 Å². The maximum absolute atomic E-state index is 13.7. The predicted octanol–water partition coefficient (Wildman–Crippen LogP) is 3.16. The lowest BCUT2D eigenvalue weighted by molar-refractivity contribution is 0.347. The van der Waals surface area contributed by atoms with Crippen molar-refractivity contribution >= 4 is 32.2 Å². The van der Waals surface area contributed by atoms with E-state index in [1.807, 2.05) is 22.9 Å². The van der Waals surface area contributed by atoms with Gasteiger partial charge in [-0.25, -0.2) is 13.4 Å². The van der Waals surface area contributed by atoms with Crippen LogP contribution in [-0.4, -0.2) is 22.7 Å². The number of pyridine rings is 1. The van der Waals surface area contributed by atoms with Gasteiger partial charge < -0.3 is 16.0 Å². The Morgan fingerprint density at radius 1 is 1.15 bits per heavy atom. The van der Waals surface area contributed by atoms with Gasteiger partial charge in [-0.2, -0.15) is 0 Å². The van der Waals surface area contributed by atoms with E-state index in [4.69, 9.17) is 11.5 Å². The summed E-state index contributed by atoms with van der Waals surface area (Å²) < 4.78 is 28.6. The van der Waals surface area contributed by atoms with Crippen molar-refractivity contribution in [2.75, 3.05) is 11.5 Å². The zero-order valence-electron chi connectivity index (χ0n) is 14.9. The number of nitrogen functional groups attached to an aromatic ring is 2. The van der Waals surface area contributed by atoms with Crippen molar-refractivity contribution in [2.45, 2.75) is 41.4 Å². The molecule has 2 aliphatic carbocycles. The fourth-order valence-corrected chi connectivity index (χ4v) is 7.59. The first-order valence-electron chi connectivity index (χ1n) is 9.24. The monoisotopic (exact) mass is 382 g/mol. The van der Waals surface area contributed by atoms with Gasteiger partial charge in [0.15, 0.2) is 9.84 Å². The fraction of sp³-hybridized carbons (Fsp3) is 0.350. The molecule has 3 aromatic rings. The summed E-state index contributed by atoms with van der Waals surface area (Å²) in [4.78, 5) is 4.89. The number of aromatic nitrogens is 2. The maximum Gasteiger partial charge on any atom is 0.186 e. The zero-order chi connectivity index (χ0) is 18.8. The SMILES string of the molecule is Nc1cnc2c(ccn2C2CC3CCC2(S(=O)(=O)c2ccccc2)C3)c1N. The second-order valence-electron chi connectivity index (χ2n) is 7.83. The van der Waals surface area contributed by atoms with Crippen molar-refractivity contribution in [3.8, 4) is 0 Å². The topological polar surface area (TPSA) is 104 Å². The molecule has 2 heterocycles. The largest absolute Gasteiger partial charge is 0.396 e. The first kappa shape index (κ1) is 16.6. The van der Waals surface area contributed by atoms with E-state index < -0.39 is 14.6 Å². The Bertz CT molecular complexity index is 1140. The highest BCUT2D eigenvalue weighted by molar-refractivity contribution is 7.93. The van der Waals surface area contributed by atoms with Crippen molar-refractivity contribution < 1.29 is 8.42 Å². The van der Waals surface area contributed by atoms with Gasteiger partial charge >= 0.3 is 0 Å². The standard InChI is InChI=1S/C20H22N4O2S/c21-16-12-23-19-15(18(16)22)7-9-24(19)17-10-13-6-8-20(17,11-13)27(25,26)14-4-2-1-3-5-14/h1-5,7,9,12-13,17H,6,8,10-11,21H2,(H2,22,23). The Morgan fingerprint density at radius 2 is 1.93 bits per heavy atom. The van der Waals surface area contributed by atoms with Gasteiger partial charge in [0.2, 0.25) is 0 Å². The first-order chi connectivity index (χ1) is 12.9. The maximum atomic E-state index is 13.7. The number of fused-ring (bicyclic) bond motifs is 3. The van der Waals surface area contributed by atoms with Crippen LogP contribution in [0.2, 0.25) is 0 Å². The second-order valence-corrected chi connectivity index (χ2v) is 10.1. The molecule has 0 radical (unpaired) electrons. The number of hydrogen-bond donors (Lipinski definition) is 2. The van der Waals surface area contributed by atoms with Crippen LogP contribution in [0, 0.1) is 5.92 Å². The molecule has 2 saturated carbocycles. The highest BCUT2D eigenvalue weighted by Gasteiger charge is 2.61. The van der Waals surface area contributed by atoms with Crippen LogP contribution in [0.4, 0.5) is 11.4 Å². The van der Waals surface area contributed by atoms with Gasteiger partial charge in [-0.1, -0.05) is 18.2 Å². The Kier molecular flexibility index (Phi) is 3.37. The summed E-state index contributed by atoms with van der Waals surface area (Å²) in [7, 11) is -3.48. The molecular weight excluding hydrogens is 360 g/mol. The molecule has 7 heteroatoms. The number of nitrogens with two attached hydrogens (primary N) is 2. The minimum atomic E-state index is -3.48. The number of sulfone groups is 1. The molecule has 0 saturated heterocycles. The fourth-order valence-electron chi connectivity index (χ4n) is 5.19. The molecule has 2 aliphatic rings. The zero-order valence-corrected chi connectivity index (χ0v) is 15.7. The van der Waals surface area contributed by atoms with Gasteiger partial charge in [-0.15, -0.1) is 0 Å². The minimum Gasteiger partial charge on any atom is -0.396 e. The van der Waals surface area contributed by atoms with Crippen LogP contribution in [0.3, 0.4) is 0 Å². The van der Waals surface area contributed by atoms with Crippen LogP contribution in [0.5, 0.6) is 0 Å².